The summed E-state index contributed by atoms with van der Waals surface area (Å²) < 4.78 is 14.1. The fraction of sp³-hybridized carbons (Fsp3) is 0.532. The molecule has 7 heterocycles. The number of hydrogen-bond donors (Lipinski definition) is 2. The van der Waals surface area contributed by atoms with Crippen LogP contribution in [0.2, 0.25) is 0 Å². The Labute approximate surface area is 378 Å². The van der Waals surface area contributed by atoms with Gasteiger partial charge in [-0.05, 0) is 75.8 Å². The van der Waals surface area contributed by atoms with Gasteiger partial charge in [0.05, 0.1) is 52.4 Å². The number of hydrogen-bond acceptors (Lipinski definition) is 12. The fourth-order valence-corrected chi connectivity index (χ4v) is 10.1. The number of aryl methyl sites for hydroxylation is 1. The third-order valence-electron chi connectivity index (χ3n) is 12.6. The Morgan fingerprint density at radius 1 is 1.14 bits per heavy atom. The maximum absolute atomic E-state index is 14.6. The van der Waals surface area contributed by atoms with Crippen LogP contribution in [0.4, 0.5) is 0 Å². The molecule has 7 rings (SSSR count). The summed E-state index contributed by atoms with van der Waals surface area (Å²) in [6.45, 7) is 17.2. The average Bonchev–Trinajstić information content (AvgIpc) is 4.05. The summed E-state index contributed by atoms with van der Waals surface area (Å²) in [7, 11) is 3.26. The number of likely N-dealkylation sites (tertiary alicyclic amines) is 1. The van der Waals surface area contributed by atoms with Crippen molar-refractivity contribution in [2.45, 2.75) is 104 Å². The zero-order chi connectivity index (χ0) is 46.0. The van der Waals surface area contributed by atoms with E-state index in [2.05, 4.69) is 54.8 Å². The number of thiazole rings is 1. The van der Waals surface area contributed by atoms with Crippen molar-refractivity contribution in [1.82, 2.24) is 45.1 Å². The number of likely N-dealkylation sites (N-methyl/N-ethyl adjacent to an activating group) is 1. The van der Waals surface area contributed by atoms with Crippen molar-refractivity contribution >= 4 is 52.0 Å². The quantitative estimate of drug-likeness (QED) is 0.160. The summed E-state index contributed by atoms with van der Waals surface area (Å²) in [6.07, 6.45) is 4.74. The number of esters is 1. The number of ether oxygens (including phenoxy) is 2. The summed E-state index contributed by atoms with van der Waals surface area (Å²) in [5.74, 6) is -2.71. The predicted molar refractivity (Wildman–Crippen MR) is 243 cm³/mol. The number of carbonyl (C=O) groups excluding carboxylic acids is 5. The Hall–Kier alpha value is -5.52. The normalized spacial score (nSPS) is 21.3. The number of amides is 4. The molecule has 0 spiro atoms. The summed E-state index contributed by atoms with van der Waals surface area (Å²) >= 11 is 1.40. The zero-order valence-corrected chi connectivity index (χ0v) is 39.0. The Morgan fingerprint density at radius 3 is 2.64 bits per heavy atom. The van der Waals surface area contributed by atoms with Crippen LogP contribution in [-0.4, -0.2) is 122 Å². The van der Waals surface area contributed by atoms with Gasteiger partial charge in [-0.3, -0.25) is 34.0 Å². The minimum absolute atomic E-state index is 0.0393. The van der Waals surface area contributed by atoms with Crippen molar-refractivity contribution in [2.24, 2.45) is 17.3 Å². The van der Waals surface area contributed by atoms with Gasteiger partial charge in [-0.25, -0.2) is 15.4 Å². The number of rotatable bonds is 10. The van der Waals surface area contributed by atoms with E-state index in [1.165, 1.54) is 27.3 Å². The third kappa shape index (κ3) is 9.47. The van der Waals surface area contributed by atoms with Crippen LogP contribution in [0.1, 0.15) is 83.9 Å². The van der Waals surface area contributed by atoms with Crippen LogP contribution >= 0.6 is 11.3 Å². The van der Waals surface area contributed by atoms with Crippen molar-refractivity contribution in [3.05, 3.63) is 65.4 Å². The van der Waals surface area contributed by atoms with Crippen LogP contribution in [0.3, 0.4) is 0 Å². The molecule has 0 aromatic carbocycles. The molecule has 4 aromatic rings. The second-order valence-electron chi connectivity index (χ2n) is 18.2. The fourth-order valence-electron chi connectivity index (χ4n) is 9.29. The molecule has 4 aromatic heterocycles. The number of fused-ring (bicyclic) bond motifs is 6. The van der Waals surface area contributed by atoms with E-state index < -0.39 is 47.2 Å². The van der Waals surface area contributed by atoms with Gasteiger partial charge in [0.25, 0.3) is 5.91 Å². The van der Waals surface area contributed by atoms with Crippen LogP contribution in [0.5, 0.6) is 0 Å². The summed E-state index contributed by atoms with van der Waals surface area (Å²) in [5, 5.41) is 6.92. The highest BCUT2D eigenvalue weighted by molar-refractivity contribution is 7.13. The lowest BCUT2D eigenvalue weighted by Gasteiger charge is -2.37. The maximum Gasteiger partial charge on any atom is 0.324 e. The minimum atomic E-state index is -1.11. The largest absolute Gasteiger partial charge is 0.464 e. The second kappa shape index (κ2) is 19.3. The van der Waals surface area contributed by atoms with Crippen LogP contribution < -0.4 is 10.7 Å². The molecule has 2 saturated heterocycles. The van der Waals surface area contributed by atoms with Crippen LogP contribution in [0.25, 0.3) is 33.0 Å². The number of hydrazine groups is 1. The molecule has 6 bridgehead atoms. The number of methoxy groups -OCH3 is 1. The van der Waals surface area contributed by atoms with E-state index in [-0.39, 0.29) is 43.4 Å². The van der Waals surface area contributed by atoms with Gasteiger partial charge in [0, 0.05) is 74.9 Å². The lowest BCUT2D eigenvalue weighted by atomic mass is 9.85. The SMILES string of the molecule is C=CC(=O)N1CC[C@H](C(=O)N(C)[C@H](C(=O)N[C@H]2Cc3csc(n3)-c3ccc4c(n3)c(c(-c3cccnc3[C@H](C)OC)n4CC)CC(C)(C)COC(=O)[C@@H]3CCCN(N3)C2=O)C(C)C)C1. The zero-order valence-electron chi connectivity index (χ0n) is 38.2. The van der Waals surface area contributed by atoms with Gasteiger partial charge in [-0.1, -0.05) is 34.3 Å². The van der Waals surface area contributed by atoms with Crippen molar-refractivity contribution in [1.29, 1.82) is 0 Å². The van der Waals surface area contributed by atoms with Gasteiger partial charge in [-0.15, -0.1) is 11.3 Å². The van der Waals surface area contributed by atoms with Crippen LogP contribution in [-0.2, 0) is 52.8 Å². The molecule has 2 fully saturated rings. The smallest absolute Gasteiger partial charge is 0.324 e. The highest BCUT2D eigenvalue weighted by Crippen LogP contribution is 2.41. The summed E-state index contributed by atoms with van der Waals surface area (Å²) in [5.41, 5.74) is 9.24. The molecule has 16 nitrogen and oxygen atoms in total. The monoisotopic (exact) mass is 895 g/mol. The van der Waals surface area contributed by atoms with Crippen molar-refractivity contribution < 1.29 is 33.4 Å². The molecule has 0 radical (unpaired) electrons. The molecule has 2 N–H and O–H groups in total. The number of aromatic nitrogens is 4. The Bertz CT molecular complexity index is 2430. The Balaban J connectivity index is 1.27. The van der Waals surface area contributed by atoms with Gasteiger partial charge in [-0.2, -0.15) is 0 Å². The van der Waals surface area contributed by atoms with Gasteiger partial charge < -0.3 is 29.2 Å². The highest BCUT2D eigenvalue weighted by atomic mass is 32.1. The van der Waals surface area contributed by atoms with Gasteiger partial charge in [0.15, 0.2) is 0 Å². The van der Waals surface area contributed by atoms with Crippen LogP contribution in [0, 0.1) is 17.3 Å². The van der Waals surface area contributed by atoms with Crippen molar-refractivity contribution in [3.8, 4) is 22.0 Å². The van der Waals surface area contributed by atoms with E-state index in [1.807, 2.05) is 38.3 Å². The first-order valence-electron chi connectivity index (χ1n) is 22.2. The molecule has 0 saturated carbocycles. The lowest BCUT2D eigenvalue weighted by molar-refractivity contribution is -0.155. The molecule has 3 aliphatic rings. The van der Waals surface area contributed by atoms with Crippen LogP contribution in [0.15, 0.2) is 48.5 Å². The third-order valence-corrected chi connectivity index (χ3v) is 13.6. The van der Waals surface area contributed by atoms with Gasteiger partial charge in [0.2, 0.25) is 17.7 Å². The van der Waals surface area contributed by atoms with E-state index in [0.29, 0.717) is 61.7 Å². The van der Waals surface area contributed by atoms with E-state index in [1.54, 1.807) is 25.3 Å². The standard InChI is InChI=1S/C47H61N9O7S/c1-10-37(57)54-21-18-29(24-54)44(59)53(8)40(27(3)4)42(58)51-35-22-30-25-64-43(49-30)33-16-17-36-39(50-33)32(41(55(36)11-2)31-14-12-19-48-38(31)28(5)62-9)23-47(6,7)26-63-46(61)34-15-13-20-56(52-34)45(35)60/h10,12,14,16-17,19,25,27-29,34-35,40,52H,1,11,13,15,18,20-24,26H2,2-9H3,(H,51,58)/t28-,29-,34-,35-,40-/m0/s1. The van der Waals surface area contributed by atoms with E-state index in [4.69, 9.17) is 24.4 Å². The van der Waals surface area contributed by atoms with E-state index in [0.717, 1.165) is 33.5 Å². The Morgan fingerprint density at radius 2 is 1.92 bits per heavy atom. The topological polar surface area (TPSA) is 181 Å². The molecule has 3 aliphatic heterocycles. The predicted octanol–water partition coefficient (Wildman–Crippen LogP) is 5.12. The number of nitrogens with one attached hydrogen (secondary N) is 2. The van der Waals surface area contributed by atoms with Crippen molar-refractivity contribution in [2.75, 3.05) is 40.4 Å². The summed E-state index contributed by atoms with van der Waals surface area (Å²) in [4.78, 5) is 87.1. The molecule has 0 unspecified atom stereocenters. The molecule has 0 aliphatic carbocycles. The van der Waals surface area contributed by atoms with Gasteiger partial charge in [0.1, 0.15) is 23.1 Å². The summed E-state index contributed by atoms with van der Waals surface area (Å²) in [6, 6.07) is 5.19. The van der Waals surface area contributed by atoms with E-state index >= 15 is 0 Å². The number of carbonyl (C=O) groups is 5. The first-order valence-corrected chi connectivity index (χ1v) is 23.1. The second-order valence-corrected chi connectivity index (χ2v) is 19.1. The number of cyclic esters (lactones) is 1. The number of nitrogens with zero attached hydrogens (tertiary/aromatic N) is 7. The number of pyridine rings is 2. The molecule has 342 valence electrons. The molecule has 17 heteroatoms. The maximum atomic E-state index is 14.6. The molecule has 4 amide bonds. The Kier molecular flexibility index (Phi) is 14.0. The van der Waals surface area contributed by atoms with Crippen molar-refractivity contribution in [3.63, 3.8) is 0 Å². The first-order chi connectivity index (χ1) is 30.5. The lowest BCUT2D eigenvalue weighted by Crippen LogP contribution is -2.62. The molecular formula is C47H61N9O7S. The molecule has 64 heavy (non-hydrogen) atoms. The highest BCUT2D eigenvalue weighted by Gasteiger charge is 2.40. The van der Waals surface area contributed by atoms with E-state index in [9.17, 15) is 24.0 Å². The first kappa shape index (κ1) is 46.5. The minimum Gasteiger partial charge on any atom is -0.464 e. The average molecular weight is 896 g/mol. The van der Waals surface area contributed by atoms with Gasteiger partial charge >= 0.3 is 5.97 Å². The molecular weight excluding hydrogens is 835 g/mol. The molecule has 5 atom stereocenters.